The van der Waals surface area contributed by atoms with Crippen LogP contribution >= 0.6 is 11.6 Å². The number of hydrazone groups is 1. The number of para-hydroxylation sites is 1. The molecule has 2 N–H and O–H groups in total. The molecule has 0 spiro atoms. The van der Waals surface area contributed by atoms with Gasteiger partial charge in [0, 0.05) is 5.56 Å². The van der Waals surface area contributed by atoms with Crippen molar-refractivity contribution in [3.05, 3.63) is 64.7 Å². The lowest BCUT2D eigenvalue weighted by Crippen LogP contribution is -2.18. The first-order chi connectivity index (χ1) is 11.1. The number of carboxylic acid groups (broad SMARTS) is 1. The summed E-state index contributed by atoms with van der Waals surface area (Å²) in [4.78, 5) is 22.5. The number of nitrogens with one attached hydrogen (secondary N) is 1. The molecule has 0 aliphatic rings. The second-order valence-electron chi connectivity index (χ2n) is 4.40. The van der Waals surface area contributed by atoms with Crippen LogP contribution in [-0.4, -0.2) is 29.8 Å². The summed E-state index contributed by atoms with van der Waals surface area (Å²) < 4.78 is 5.14. The Morgan fingerprint density at radius 2 is 1.87 bits per heavy atom. The van der Waals surface area contributed by atoms with Crippen molar-refractivity contribution < 1.29 is 19.4 Å². The van der Waals surface area contributed by atoms with Gasteiger partial charge in [0.15, 0.2) is 6.61 Å². The Hall–Kier alpha value is -2.86. The maximum atomic E-state index is 11.9. The number of benzene rings is 2. The number of hydrogen-bond acceptors (Lipinski definition) is 4. The van der Waals surface area contributed by atoms with Crippen LogP contribution in [0.5, 0.6) is 5.75 Å². The molecule has 0 saturated heterocycles. The van der Waals surface area contributed by atoms with Crippen LogP contribution in [0.15, 0.2) is 53.6 Å². The van der Waals surface area contributed by atoms with Crippen LogP contribution in [0.1, 0.15) is 15.9 Å². The normalized spacial score (nSPS) is 10.5. The Morgan fingerprint density at radius 3 is 2.61 bits per heavy atom. The number of halogens is 1. The van der Waals surface area contributed by atoms with E-state index in [0.717, 1.165) is 0 Å². The molecule has 6 nitrogen and oxygen atoms in total. The minimum absolute atomic E-state index is 0.307. The minimum atomic E-state index is -1.08. The molecule has 0 unspecified atom stereocenters. The van der Waals surface area contributed by atoms with Crippen molar-refractivity contribution in [3.63, 3.8) is 0 Å². The van der Waals surface area contributed by atoms with Gasteiger partial charge < -0.3 is 9.84 Å². The van der Waals surface area contributed by atoms with Gasteiger partial charge in [0.2, 0.25) is 0 Å². The average Bonchev–Trinajstić information content (AvgIpc) is 2.54. The van der Waals surface area contributed by atoms with Gasteiger partial charge in [-0.1, -0.05) is 35.9 Å². The number of hydrogen-bond donors (Lipinski definition) is 2. The van der Waals surface area contributed by atoms with E-state index >= 15 is 0 Å². The van der Waals surface area contributed by atoms with E-state index < -0.39 is 18.5 Å². The molecule has 0 aromatic heterocycles. The van der Waals surface area contributed by atoms with Crippen LogP contribution in [0.3, 0.4) is 0 Å². The SMILES string of the molecule is O=C(O)COc1ccccc1/C=N/NC(=O)c1ccccc1Cl. The molecule has 0 radical (unpaired) electrons. The van der Waals surface area contributed by atoms with Crippen molar-refractivity contribution >= 4 is 29.7 Å². The summed E-state index contributed by atoms with van der Waals surface area (Å²) in [5.74, 6) is -1.18. The number of carbonyl (C=O) groups excluding carboxylic acids is 1. The Balaban J connectivity index is 2.05. The van der Waals surface area contributed by atoms with Gasteiger partial charge in [-0.25, -0.2) is 10.2 Å². The quantitative estimate of drug-likeness (QED) is 0.628. The van der Waals surface area contributed by atoms with Crippen LogP contribution < -0.4 is 10.2 Å². The van der Waals surface area contributed by atoms with Gasteiger partial charge in [0.1, 0.15) is 5.75 Å². The van der Waals surface area contributed by atoms with Gasteiger partial charge in [-0.3, -0.25) is 4.79 Å². The smallest absolute Gasteiger partial charge is 0.341 e. The molecule has 118 valence electrons. The number of rotatable bonds is 6. The third-order valence-corrected chi connectivity index (χ3v) is 3.09. The third-order valence-electron chi connectivity index (χ3n) is 2.76. The molecule has 2 aromatic rings. The molecule has 0 heterocycles. The fourth-order valence-corrected chi connectivity index (χ4v) is 1.95. The minimum Gasteiger partial charge on any atom is -0.481 e. The van der Waals surface area contributed by atoms with Crippen molar-refractivity contribution in [1.29, 1.82) is 0 Å². The molecule has 2 rings (SSSR count). The second kappa shape index (κ2) is 7.95. The molecule has 1 amide bonds. The molecular weight excluding hydrogens is 320 g/mol. The van der Waals surface area contributed by atoms with Gasteiger partial charge in [-0.05, 0) is 24.3 Å². The first-order valence-corrected chi connectivity index (χ1v) is 6.97. The van der Waals surface area contributed by atoms with Crippen LogP contribution in [0.25, 0.3) is 0 Å². The van der Waals surface area contributed by atoms with E-state index in [-0.39, 0.29) is 0 Å². The summed E-state index contributed by atoms with van der Waals surface area (Å²) in [7, 11) is 0. The summed E-state index contributed by atoms with van der Waals surface area (Å²) in [6.45, 7) is -0.461. The van der Waals surface area contributed by atoms with Gasteiger partial charge in [-0.2, -0.15) is 5.10 Å². The van der Waals surface area contributed by atoms with Gasteiger partial charge >= 0.3 is 5.97 Å². The summed E-state index contributed by atoms with van der Waals surface area (Å²) in [6, 6.07) is 13.3. The predicted molar refractivity (Wildman–Crippen MR) is 86.1 cm³/mol. The zero-order chi connectivity index (χ0) is 16.7. The van der Waals surface area contributed by atoms with E-state index in [1.165, 1.54) is 6.21 Å². The van der Waals surface area contributed by atoms with Crippen molar-refractivity contribution in [2.45, 2.75) is 0 Å². The van der Waals surface area contributed by atoms with E-state index in [1.54, 1.807) is 48.5 Å². The van der Waals surface area contributed by atoms with E-state index in [4.69, 9.17) is 21.4 Å². The maximum absolute atomic E-state index is 11.9. The standard InChI is InChI=1S/C16H13ClN2O4/c17-13-7-3-2-6-12(13)16(22)19-18-9-11-5-1-4-8-14(11)23-10-15(20)21/h1-9H,10H2,(H,19,22)(H,20,21)/b18-9+. The lowest BCUT2D eigenvalue weighted by molar-refractivity contribution is -0.139. The Labute approximate surface area is 137 Å². The lowest BCUT2D eigenvalue weighted by atomic mass is 10.2. The molecule has 23 heavy (non-hydrogen) atoms. The molecule has 2 aromatic carbocycles. The third kappa shape index (κ3) is 4.82. The van der Waals surface area contributed by atoms with E-state index in [1.807, 2.05) is 0 Å². The molecule has 0 atom stereocenters. The fraction of sp³-hybridized carbons (Fsp3) is 0.0625. The Bertz CT molecular complexity index is 746. The monoisotopic (exact) mass is 332 g/mol. The predicted octanol–water partition coefficient (Wildman–Crippen LogP) is 2.57. The summed E-state index contributed by atoms with van der Waals surface area (Å²) >= 11 is 5.92. The zero-order valence-corrected chi connectivity index (χ0v) is 12.7. The van der Waals surface area contributed by atoms with Crippen LogP contribution in [0, 0.1) is 0 Å². The van der Waals surface area contributed by atoms with Crippen molar-refractivity contribution in [2.24, 2.45) is 5.10 Å². The zero-order valence-electron chi connectivity index (χ0n) is 11.9. The van der Waals surface area contributed by atoms with E-state index in [0.29, 0.717) is 21.9 Å². The van der Waals surface area contributed by atoms with E-state index in [9.17, 15) is 9.59 Å². The number of ether oxygens (including phenoxy) is 1. The number of amides is 1. The number of aliphatic carboxylic acids is 1. The molecule has 0 fully saturated rings. The molecule has 0 bridgehead atoms. The highest BCUT2D eigenvalue weighted by molar-refractivity contribution is 6.33. The van der Waals surface area contributed by atoms with Crippen LogP contribution in [0.2, 0.25) is 5.02 Å². The molecule has 0 saturated carbocycles. The molecule has 0 aliphatic carbocycles. The van der Waals surface area contributed by atoms with E-state index in [2.05, 4.69) is 10.5 Å². The van der Waals surface area contributed by atoms with Crippen LogP contribution in [0.4, 0.5) is 0 Å². The first kappa shape index (κ1) is 16.5. The van der Waals surface area contributed by atoms with Gasteiger partial charge in [0.25, 0.3) is 5.91 Å². The molecule has 0 aliphatic heterocycles. The van der Waals surface area contributed by atoms with Gasteiger partial charge in [0.05, 0.1) is 16.8 Å². The topological polar surface area (TPSA) is 88.0 Å². The second-order valence-corrected chi connectivity index (χ2v) is 4.81. The summed E-state index contributed by atoms with van der Waals surface area (Å²) in [5.41, 5.74) is 3.20. The number of carboxylic acids is 1. The summed E-state index contributed by atoms with van der Waals surface area (Å²) in [6.07, 6.45) is 1.37. The Kier molecular flexibility index (Phi) is 5.71. The highest BCUT2D eigenvalue weighted by Crippen LogP contribution is 2.16. The highest BCUT2D eigenvalue weighted by atomic mass is 35.5. The van der Waals surface area contributed by atoms with Gasteiger partial charge in [-0.15, -0.1) is 0 Å². The molecular formula is C16H13ClN2O4. The highest BCUT2D eigenvalue weighted by Gasteiger charge is 2.08. The number of carbonyl (C=O) groups is 2. The largest absolute Gasteiger partial charge is 0.481 e. The van der Waals surface area contributed by atoms with Crippen molar-refractivity contribution in [2.75, 3.05) is 6.61 Å². The van der Waals surface area contributed by atoms with Crippen molar-refractivity contribution in [3.8, 4) is 5.75 Å². The average molecular weight is 333 g/mol. The fourth-order valence-electron chi connectivity index (χ4n) is 1.72. The first-order valence-electron chi connectivity index (χ1n) is 6.59. The van der Waals surface area contributed by atoms with Crippen LogP contribution in [-0.2, 0) is 4.79 Å². The maximum Gasteiger partial charge on any atom is 0.341 e. The molecule has 7 heteroatoms. The number of nitrogens with zero attached hydrogens (tertiary/aromatic N) is 1. The Morgan fingerprint density at radius 1 is 1.17 bits per heavy atom. The summed E-state index contributed by atoms with van der Waals surface area (Å²) in [5, 5.41) is 12.8. The van der Waals surface area contributed by atoms with Crippen molar-refractivity contribution in [1.82, 2.24) is 5.43 Å². The lowest BCUT2D eigenvalue weighted by Gasteiger charge is -2.06.